The van der Waals surface area contributed by atoms with Crippen molar-refractivity contribution in [3.8, 4) is 0 Å². The van der Waals surface area contributed by atoms with Crippen LogP contribution < -0.4 is 9.62 Å². The highest BCUT2D eigenvalue weighted by molar-refractivity contribution is 7.92. The number of rotatable bonds is 6. The van der Waals surface area contributed by atoms with Gasteiger partial charge in [0.15, 0.2) is 0 Å². The topological polar surface area (TPSA) is 66.5 Å². The minimum Gasteiger partial charge on any atom is -0.352 e. The number of sulfonamides is 1. The van der Waals surface area contributed by atoms with Crippen LogP contribution >= 0.6 is 23.2 Å². The molecule has 0 saturated heterocycles. The van der Waals surface area contributed by atoms with Crippen molar-refractivity contribution in [1.29, 1.82) is 0 Å². The lowest BCUT2D eigenvalue weighted by Gasteiger charge is -2.27. The average molecular weight is 453 g/mol. The number of hydrogen-bond donors (Lipinski definition) is 1. The predicted molar refractivity (Wildman–Crippen MR) is 115 cm³/mol. The van der Waals surface area contributed by atoms with Crippen molar-refractivity contribution < 1.29 is 13.2 Å². The number of anilines is 1. The van der Waals surface area contributed by atoms with E-state index in [0.29, 0.717) is 22.5 Å². The second-order valence-electron chi connectivity index (χ2n) is 7.77. The third-order valence-corrected chi connectivity index (χ3v) is 8.42. The average Bonchev–Trinajstić information content (AvgIpc) is 3.32. The highest BCUT2D eigenvalue weighted by Gasteiger charge is 2.40. The third-order valence-electron chi connectivity index (χ3n) is 5.89. The fourth-order valence-corrected chi connectivity index (χ4v) is 6.21. The van der Waals surface area contributed by atoms with E-state index in [9.17, 15) is 13.2 Å². The van der Waals surface area contributed by atoms with Gasteiger partial charge >= 0.3 is 0 Å². The van der Waals surface area contributed by atoms with Crippen molar-refractivity contribution in [2.24, 2.45) is 11.8 Å². The normalized spacial score (nSPS) is 23.2. The van der Waals surface area contributed by atoms with Gasteiger partial charge in [-0.15, -0.1) is 0 Å². The molecule has 29 heavy (non-hydrogen) atoms. The standard InChI is InChI=1S/C21H22Cl2N2O3S/c22-18-9-8-16(12-19(18)23)25(29(27,28)17-4-2-1-3-5-17)13-21(26)24-20-11-14-6-7-15(20)10-14/h1-5,8-9,12,14-15,20H,6-7,10-11,13H2,(H,24,26)/t14-,15+,20+/m0/s1. The summed E-state index contributed by atoms with van der Waals surface area (Å²) in [5, 5.41) is 3.60. The van der Waals surface area contributed by atoms with Crippen molar-refractivity contribution >= 4 is 44.8 Å². The van der Waals surface area contributed by atoms with Gasteiger partial charge in [0.1, 0.15) is 6.54 Å². The van der Waals surface area contributed by atoms with E-state index in [1.54, 1.807) is 24.3 Å². The first-order valence-corrected chi connectivity index (χ1v) is 11.9. The van der Waals surface area contributed by atoms with E-state index in [1.807, 2.05) is 0 Å². The number of nitrogens with zero attached hydrogens (tertiary/aromatic N) is 1. The maximum absolute atomic E-state index is 13.3. The maximum atomic E-state index is 13.3. The molecule has 2 saturated carbocycles. The Hall–Kier alpha value is -1.76. The van der Waals surface area contributed by atoms with Crippen LogP contribution in [0.1, 0.15) is 25.7 Å². The van der Waals surface area contributed by atoms with Crippen LogP contribution in [0.2, 0.25) is 10.0 Å². The van der Waals surface area contributed by atoms with Gasteiger partial charge in [0.2, 0.25) is 5.91 Å². The van der Waals surface area contributed by atoms with E-state index in [4.69, 9.17) is 23.2 Å². The molecule has 0 radical (unpaired) electrons. The van der Waals surface area contributed by atoms with E-state index in [2.05, 4.69) is 5.32 Å². The molecule has 2 bridgehead atoms. The molecule has 8 heteroatoms. The van der Waals surface area contributed by atoms with Crippen LogP contribution in [0.4, 0.5) is 5.69 Å². The third kappa shape index (κ3) is 4.25. The van der Waals surface area contributed by atoms with Crippen LogP contribution in [0, 0.1) is 11.8 Å². The van der Waals surface area contributed by atoms with Crippen LogP contribution in [0.3, 0.4) is 0 Å². The highest BCUT2D eigenvalue weighted by atomic mass is 35.5. The smallest absolute Gasteiger partial charge is 0.264 e. The van der Waals surface area contributed by atoms with E-state index >= 15 is 0 Å². The van der Waals surface area contributed by atoms with E-state index in [1.165, 1.54) is 30.7 Å². The molecule has 1 amide bonds. The molecular formula is C21H22Cl2N2O3S. The monoisotopic (exact) mass is 452 g/mol. The van der Waals surface area contributed by atoms with Gasteiger partial charge in [0.05, 0.1) is 20.6 Å². The van der Waals surface area contributed by atoms with Crippen molar-refractivity contribution in [3.63, 3.8) is 0 Å². The minimum absolute atomic E-state index is 0.110. The van der Waals surface area contributed by atoms with Crippen LogP contribution in [0.25, 0.3) is 0 Å². The van der Waals surface area contributed by atoms with E-state index in [-0.39, 0.29) is 28.4 Å². The molecule has 0 spiro atoms. The molecule has 1 N–H and O–H groups in total. The second-order valence-corrected chi connectivity index (χ2v) is 10.4. The fraction of sp³-hybridized carbons (Fsp3) is 0.381. The lowest BCUT2D eigenvalue weighted by Crippen LogP contribution is -2.46. The molecule has 2 aromatic carbocycles. The number of carbonyl (C=O) groups is 1. The molecular weight excluding hydrogens is 431 g/mol. The molecule has 3 atom stereocenters. The zero-order valence-electron chi connectivity index (χ0n) is 15.7. The van der Waals surface area contributed by atoms with Crippen molar-refractivity contribution in [3.05, 3.63) is 58.6 Å². The number of halogens is 2. The lowest BCUT2D eigenvalue weighted by molar-refractivity contribution is -0.120. The summed E-state index contributed by atoms with van der Waals surface area (Å²) in [6.45, 7) is -0.316. The Morgan fingerprint density at radius 1 is 1.03 bits per heavy atom. The summed E-state index contributed by atoms with van der Waals surface area (Å²) in [6.07, 6.45) is 4.50. The lowest BCUT2D eigenvalue weighted by atomic mass is 9.95. The van der Waals surface area contributed by atoms with Crippen molar-refractivity contribution in [2.45, 2.75) is 36.6 Å². The summed E-state index contributed by atoms with van der Waals surface area (Å²) in [5.41, 5.74) is 0.298. The van der Waals surface area contributed by atoms with Gasteiger partial charge < -0.3 is 5.32 Å². The maximum Gasteiger partial charge on any atom is 0.264 e. The second kappa shape index (κ2) is 8.17. The molecule has 0 heterocycles. The Morgan fingerprint density at radius 2 is 1.79 bits per heavy atom. The zero-order valence-corrected chi connectivity index (χ0v) is 18.1. The van der Waals surface area contributed by atoms with Crippen molar-refractivity contribution in [2.75, 3.05) is 10.8 Å². The molecule has 0 aliphatic heterocycles. The van der Waals surface area contributed by atoms with Gasteiger partial charge in [-0.2, -0.15) is 0 Å². The van der Waals surface area contributed by atoms with Gasteiger partial charge in [-0.05, 0) is 61.4 Å². The number of amides is 1. The van der Waals surface area contributed by atoms with Gasteiger partial charge in [-0.1, -0.05) is 47.8 Å². The number of carbonyl (C=O) groups excluding carboxylic acids is 1. The van der Waals surface area contributed by atoms with E-state index < -0.39 is 10.0 Å². The van der Waals surface area contributed by atoms with Gasteiger partial charge in [-0.25, -0.2) is 8.42 Å². The SMILES string of the molecule is O=C(CN(c1ccc(Cl)c(Cl)c1)S(=O)(=O)c1ccccc1)N[C@@H]1C[C@H]2CC[C@@H]1C2. The van der Waals surface area contributed by atoms with Crippen LogP contribution in [-0.4, -0.2) is 26.9 Å². The molecule has 2 aromatic rings. The Balaban J connectivity index is 1.61. The van der Waals surface area contributed by atoms with E-state index in [0.717, 1.165) is 23.6 Å². The first kappa shape index (κ1) is 20.5. The number of nitrogens with one attached hydrogen (secondary N) is 1. The molecule has 154 valence electrons. The summed E-state index contributed by atoms with van der Waals surface area (Å²) < 4.78 is 27.7. The largest absolute Gasteiger partial charge is 0.352 e. The van der Waals surface area contributed by atoms with Gasteiger partial charge in [-0.3, -0.25) is 9.10 Å². The summed E-state index contributed by atoms with van der Waals surface area (Å²) in [6, 6.07) is 12.7. The number of benzene rings is 2. The molecule has 2 fully saturated rings. The molecule has 0 aromatic heterocycles. The molecule has 5 nitrogen and oxygen atoms in total. The van der Waals surface area contributed by atoms with Crippen LogP contribution in [-0.2, 0) is 14.8 Å². The van der Waals surface area contributed by atoms with Gasteiger partial charge in [0.25, 0.3) is 10.0 Å². The van der Waals surface area contributed by atoms with Gasteiger partial charge in [0, 0.05) is 6.04 Å². The summed E-state index contributed by atoms with van der Waals surface area (Å²) in [5.74, 6) is 0.880. The Labute approximate surface area is 181 Å². The molecule has 2 aliphatic rings. The first-order chi connectivity index (χ1) is 13.8. The summed E-state index contributed by atoms with van der Waals surface area (Å²) >= 11 is 12.1. The molecule has 2 aliphatic carbocycles. The minimum atomic E-state index is -3.95. The van der Waals surface area contributed by atoms with Crippen LogP contribution in [0.15, 0.2) is 53.4 Å². The van der Waals surface area contributed by atoms with Crippen molar-refractivity contribution in [1.82, 2.24) is 5.32 Å². The fourth-order valence-electron chi connectivity index (χ4n) is 4.48. The first-order valence-electron chi connectivity index (χ1n) is 9.67. The Morgan fingerprint density at radius 3 is 2.41 bits per heavy atom. The quantitative estimate of drug-likeness (QED) is 0.701. The Bertz CT molecular complexity index is 1010. The predicted octanol–water partition coefficient (Wildman–Crippen LogP) is 4.49. The molecule has 4 rings (SSSR count). The highest BCUT2D eigenvalue weighted by Crippen LogP contribution is 2.44. The number of fused-ring (bicyclic) bond motifs is 2. The molecule has 0 unspecified atom stereocenters. The Kier molecular flexibility index (Phi) is 5.78. The summed E-state index contributed by atoms with van der Waals surface area (Å²) in [4.78, 5) is 12.9. The summed E-state index contributed by atoms with van der Waals surface area (Å²) in [7, 11) is -3.95. The zero-order chi connectivity index (χ0) is 20.6. The van der Waals surface area contributed by atoms with Crippen LogP contribution in [0.5, 0.6) is 0 Å². The number of hydrogen-bond acceptors (Lipinski definition) is 3.